The van der Waals surface area contributed by atoms with Crippen LogP contribution in [-0.4, -0.2) is 53.0 Å². The molecule has 3 aromatic rings. The topological polar surface area (TPSA) is 89.1 Å². The zero-order chi connectivity index (χ0) is 17.9. The lowest BCUT2D eigenvalue weighted by atomic mass is 10.1. The Balaban J connectivity index is 1.47. The minimum Gasteiger partial charge on any atom is -0.390 e. The molecule has 0 saturated carbocycles. The Morgan fingerprint density at radius 1 is 1.27 bits per heavy atom. The summed E-state index contributed by atoms with van der Waals surface area (Å²) in [6.45, 7) is 1.21. The highest BCUT2D eigenvalue weighted by atomic mass is 16.3. The van der Waals surface area contributed by atoms with E-state index in [0.29, 0.717) is 17.8 Å². The number of nitrogens with zero attached hydrogens (tertiary/aromatic N) is 6. The summed E-state index contributed by atoms with van der Waals surface area (Å²) in [5.74, 6) is 0.0344. The van der Waals surface area contributed by atoms with Gasteiger partial charge in [0.05, 0.1) is 31.7 Å². The van der Waals surface area contributed by atoms with Gasteiger partial charge in [-0.25, -0.2) is 4.98 Å². The van der Waals surface area contributed by atoms with E-state index in [1.165, 1.54) is 0 Å². The number of aliphatic hydroxyl groups excluding tert-OH is 1. The molecule has 0 unspecified atom stereocenters. The van der Waals surface area contributed by atoms with Crippen molar-refractivity contribution < 1.29 is 9.90 Å². The molecular weight excluding hydrogens is 332 g/mol. The Labute approximate surface area is 150 Å². The summed E-state index contributed by atoms with van der Waals surface area (Å²) < 4.78 is 3.60. The fourth-order valence-electron chi connectivity index (χ4n) is 3.36. The van der Waals surface area contributed by atoms with Crippen molar-refractivity contribution >= 4 is 5.91 Å². The molecule has 1 aromatic carbocycles. The van der Waals surface area contributed by atoms with Gasteiger partial charge in [0.15, 0.2) is 0 Å². The highest BCUT2D eigenvalue weighted by molar-refractivity contribution is 5.94. The van der Waals surface area contributed by atoms with Crippen molar-refractivity contribution in [2.45, 2.75) is 32.0 Å². The molecular formula is C18H20N6O2. The van der Waals surface area contributed by atoms with Crippen LogP contribution in [0.2, 0.25) is 0 Å². The minimum absolute atomic E-state index is 0.0344. The first-order valence-corrected chi connectivity index (χ1v) is 8.64. The Kier molecular flexibility index (Phi) is 4.49. The van der Waals surface area contributed by atoms with Gasteiger partial charge in [-0.3, -0.25) is 9.48 Å². The molecule has 8 heteroatoms. The molecule has 1 N–H and O–H groups in total. The van der Waals surface area contributed by atoms with Crippen LogP contribution in [0.1, 0.15) is 28.9 Å². The predicted octanol–water partition coefficient (Wildman–Crippen LogP) is 1.26. The van der Waals surface area contributed by atoms with Gasteiger partial charge in [0.25, 0.3) is 5.91 Å². The average Bonchev–Trinajstić information content (AvgIpc) is 3.43. The summed E-state index contributed by atoms with van der Waals surface area (Å²) in [5.41, 5.74) is 2.18. The first-order valence-electron chi connectivity index (χ1n) is 8.64. The van der Waals surface area contributed by atoms with Crippen LogP contribution < -0.4 is 0 Å². The normalized spacial score (nSPS) is 17.0. The van der Waals surface area contributed by atoms with E-state index in [1.54, 1.807) is 23.4 Å². The predicted molar refractivity (Wildman–Crippen MR) is 93.6 cm³/mol. The van der Waals surface area contributed by atoms with Crippen molar-refractivity contribution in [3.8, 4) is 5.69 Å². The van der Waals surface area contributed by atoms with Gasteiger partial charge < -0.3 is 14.6 Å². The number of likely N-dealkylation sites (tertiary alicyclic amines) is 1. The summed E-state index contributed by atoms with van der Waals surface area (Å²) in [7, 11) is 0. The lowest BCUT2D eigenvalue weighted by molar-refractivity contribution is 0.0721. The second-order valence-electron chi connectivity index (χ2n) is 6.40. The van der Waals surface area contributed by atoms with Crippen molar-refractivity contribution in [1.82, 2.24) is 29.4 Å². The molecule has 1 aliphatic heterocycles. The van der Waals surface area contributed by atoms with E-state index in [9.17, 15) is 4.79 Å². The minimum atomic E-state index is -0.128. The maximum Gasteiger partial charge on any atom is 0.254 e. The van der Waals surface area contributed by atoms with Crippen molar-refractivity contribution in [3.63, 3.8) is 0 Å². The quantitative estimate of drug-likeness (QED) is 0.747. The molecule has 1 saturated heterocycles. The van der Waals surface area contributed by atoms with Gasteiger partial charge in [0.1, 0.15) is 5.69 Å². The lowest BCUT2D eigenvalue weighted by Crippen LogP contribution is -2.38. The number of aromatic nitrogens is 5. The molecule has 134 valence electrons. The van der Waals surface area contributed by atoms with E-state index >= 15 is 0 Å². The van der Waals surface area contributed by atoms with Crippen LogP contribution in [0.15, 0.2) is 49.2 Å². The zero-order valence-corrected chi connectivity index (χ0v) is 14.3. The van der Waals surface area contributed by atoms with E-state index in [1.807, 2.05) is 39.9 Å². The molecule has 2 aromatic heterocycles. The van der Waals surface area contributed by atoms with E-state index < -0.39 is 0 Å². The standard InChI is InChI=1S/C18H20N6O2/c25-12-15-10-23(21-20-15)11-17-2-1-8-24(17)18(26)14-3-5-16(6-4-14)22-9-7-19-13-22/h3-7,9-10,13,17,25H,1-2,8,11-12H2/t17-/m0/s1. The first kappa shape index (κ1) is 16.5. The largest absolute Gasteiger partial charge is 0.390 e. The molecule has 0 bridgehead atoms. The Bertz CT molecular complexity index is 871. The molecule has 8 nitrogen and oxygen atoms in total. The number of hydrogen-bond donors (Lipinski definition) is 1. The molecule has 1 fully saturated rings. The Hall–Kier alpha value is -3.00. The molecule has 0 radical (unpaired) electrons. The molecule has 1 atom stereocenters. The van der Waals surface area contributed by atoms with Crippen LogP contribution in [0.5, 0.6) is 0 Å². The molecule has 3 heterocycles. The van der Waals surface area contributed by atoms with E-state index in [2.05, 4.69) is 15.3 Å². The summed E-state index contributed by atoms with van der Waals surface area (Å²) >= 11 is 0. The zero-order valence-electron chi connectivity index (χ0n) is 14.3. The van der Waals surface area contributed by atoms with Crippen LogP contribution in [-0.2, 0) is 13.2 Å². The third kappa shape index (κ3) is 3.23. The van der Waals surface area contributed by atoms with Crippen LogP contribution in [0.3, 0.4) is 0 Å². The van der Waals surface area contributed by atoms with Crippen LogP contribution >= 0.6 is 0 Å². The van der Waals surface area contributed by atoms with Crippen molar-refractivity contribution in [2.24, 2.45) is 0 Å². The molecule has 26 heavy (non-hydrogen) atoms. The third-order valence-electron chi connectivity index (χ3n) is 4.70. The maximum absolute atomic E-state index is 12.9. The SMILES string of the molecule is O=C(c1ccc(-n2ccnc2)cc1)N1CCC[C@H]1Cn1cc(CO)nn1. The number of hydrogen-bond acceptors (Lipinski definition) is 5. The number of benzene rings is 1. The van der Waals surface area contributed by atoms with Gasteiger partial charge in [-0.15, -0.1) is 5.10 Å². The van der Waals surface area contributed by atoms with Crippen molar-refractivity contribution in [2.75, 3.05) is 6.54 Å². The third-order valence-corrected chi connectivity index (χ3v) is 4.70. The van der Waals surface area contributed by atoms with E-state index in [0.717, 1.165) is 25.1 Å². The summed E-state index contributed by atoms with van der Waals surface area (Å²) in [4.78, 5) is 18.9. The number of carbonyl (C=O) groups is 1. The highest BCUT2D eigenvalue weighted by Crippen LogP contribution is 2.22. The second-order valence-corrected chi connectivity index (χ2v) is 6.40. The Morgan fingerprint density at radius 2 is 2.12 bits per heavy atom. The van der Waals surface area contributed by atoms with Crippen LogP contribution in [0.25, 0.3) is 5.69 Å². The molecule has 1 aliphatic rings. The summed E-state index contributed by atoms with van der Waals surface area (Å²) in [5, 5.41) is 17.0. The van der Waals surface area contributed by atoms with E-state index in [4.69, 9.17) is 5.11 Å². The maximum atomic E-state index is 12.9. The number of aliphatic hydroxyl groups is 1. The van der Waals surface area contributed by atoms with Gasteiger partial charge >= 0.3 is 0 Å². The van der Waals surface area contributed by atoms with Gasteiger partial charge in [0, 0.05) is 30.2 Å². The second kappa shape index (κ2) is 7.09. The number of amides is 1. The van der Waals surface area contributed by atoms with Gasteiger partial charge in [-0.2, -0.15) is 0 Å². The van der Waals surface area contributed by atoms with E-state index in [-0.39, 0.29) is 18.6 Å². The summed E-state index contributed by atoms with van der Waals surface area (Å²) in [6, 6.07) is 7.64. The smallest absolute Gasteiger partial charge is 0.254 e. The first-order chi connectivity index (χ1) is 12.7. The van der Waals surface area contributed by atoms with Crippen molar-refractivity contribution in [1.29, 1.82) is 0 Å². The number of carbonyl (C=O) groups excluding carboxylic acids is 1. The summed E-state index contributed by atoms with van der Waals surface area (Å²) in [6.07, 6.45) is 8.96. The van der Waals surface area contributed by atoms with Crippen molar-refractivity contribution in [3.05, 3.63) is 60.4 Å². The van der Waals surface area contributed by atoms with Crippen LogP contribution in [0, 0.1) is 0 Å². The molecule has 0 spiro atoms. The molecule has 1 amide bonds. The van der Waals surface area contributed by atoms with Crippen LogP contribution in [0.4, 0.5) is 0 Å². The lowest BCUT2D eigenvalue weighted by Gasteiger charge is -2.24. The van der Waals surface area contributed by atoms with Gasteiger partial charge in [-0.1, -0.05) is 5.21 Å². The molecule has 4 rings (SSSR count). The highest BCUT2D eigenvalue weighted by Gasteiger charge is 2.30. The number of imidazole rings is 1. The fraction of sp³-hybridized carbons (Fsp3) is 0.333. The monoisotopic (exact) mass is 352 g/mol. The Morgan fingerprint density at radius 3 is 2.81 bits per heavy atom. The average molecular weight is 352 g/mol. The van der Waals surface area contributed by atoms with Gasteiger partial charge in [0.2, 0.25) is 0 Å². The van der Waals surface area contributed by atoms with Gasteiger partial charge in [-0.05, 0) is 37.1 Å². The fourth-order valence-corrected chi connectivity index (χ4v) is 3.36. The molecule has 0 aliphatic carbocycles. The number of rotatable bonds is 5.